The lowest BCUT2D eigenvalue weighted by atomic mass is 9.84. The highest BCUT2D eigenvalue weighted by atomic mass is 16.2. The molecule has 0 spiro atoms. The first-order valence-corrected chi connectivity index (χ1v) is 7.63. The average molecular weight is 274 g/mol. The van der Waals surface area contributed by atoms with Crippen LogP contribution in [0.15, 0.2) is 24.3 Å². The number of amides is 1. The van der Waals surface area contributed by atoms with Crippen molar-refractivity contribution in [2.75, 3.05) is 12.8 Å². The summed E-state index contributed by atoms with van der Waals surface area (Å²) < 4.78 is 0. The number of likely N-dealkylation sites (N-methyl/N-ethyl adjacent to an activating group) is 1. The molecule has 0 bridgehead atoms. The van der Waals surface area contributed by atoms with Gasteiger partial charge in [0.2, 0.25) is 5.91 Å². The highest BCUT2D eigenvalue weighted by molar-refractivity contribution is 5.83. The summed E-state index contributed by atoms with van der Waals surface area (Å²) in [7, 11) is 1.96. The van der Waals surface area contributed by atoms with Gasteiger partial charge in [-0.25, -0.2) is 0 Å². The average Bonchev–Trinajstić information content (AvgIpc) is 2.45. The number of nitrogen functional groups attached to an aromatic ring is 1. The van der Waals surface area contributed by atoms with Gasteiger partial charge in [-0.1, -0.05) is 31.9 Å². The molecule has 3 nitrogen and oxygen atoms in total. The highest BCUT2D eigenvalue weighted by Gasteiger charge is 2.30. The van der Waals surface area contributed by atoms with E-state index in [-0.39, 0.29) is 11.8 Å². The van der Waals surface area contributed by atoms with E-state index < -0.39 is 0 Å². The number of nitrogens with zero attached hydrogens (tertiary/aromatic N) is 1. The van der Waals surface area contributed by atoms with Crippen LogP contribution in [0.3, 0.4) is 0 Å². The zero-order chi connectivity index (χ0) is 14.7. The second-order valence-corrected chi connectivity index (χ2v) is 6.17. The molecule has 2 rings (SSSR count). The Morgan fingerprint density at radius 1 is 1.35 bits per heavy atom. The molecular formula is C17H26N2O. The summed E-state index contributed by atoms with van der Waals surface area (Å²) >= 11 is 0. The van der Waals surface area contributed by atoms with E-state index >= 15 is 0 Å². The molecule has 110 valence electrons. The maximum atomic E-state index is 12.7. The van der Waals surface area contributed by atoms with Crippen LogP contribution < -0.4 is 5.73 Å². The fraction of sp³-hybridized carbons (Fsp3) is 0.588. The zero-order valence-electron chi connectivity index (χ0n) is 12.8. The molecule has 3 atom stereocenters. The first kappa shape index (κ1) is 14.9. The highest BCUT2D eigenvalue weighted by Crippen LogP contribution is 2.29. The summed E-state index contributed by atoms with van der Waals surface area (Å²) in [5, 5.41) is 0. The number of rotatable bonds is 3. The molecule has 0 heterocycles. The fourth-order valence-corrected chi connectivity index (χ4v) is 3.31. The fourth-order valence-electron chi connectivity index (χ4n) is 3.31. The normalized spacial score (nSPS) is 24.1. The Bertz CT molecular complexity index is 472. The molecule has 0 saturated heterocycles. The van der Waals surface area contributed by atoms with Gasteiger partial charge in [-0.15, -0.1) is 0 Å². The molecule has 0 aromatic heterocycles. The monoisotopic (exact) mass is 274 g/mol. The van der Waals surface area contributed by atoms with Crippen LogP contribution in [-0.2, 0) is 4.79 Å². The number of carbonyl (C=O) groups excluding carboxylic acids is 1. The summed E-state index contributed by atoms with van der Waals surface area (Å²) in [5.74, 6) is 0.678. The van der Waals surface area contributed by atoms with Crippen LogP contribution in [0.1, 0.15) is 51.0 Å². The molecule has 1 amide bonds. The maximum absolute atomic E-state index is 12.7. The smallest absolute Gasteiger partial charge is 0.229 e. The van der Waals surface area contributed by atoms with E-state index in [1.54, 1.807) is 0 Å². The lowest BCUT2D eigenvalue weighted by molar-refractivity contribution is -0.134. The van der Waals surface area contributed by atoms with Gasteiger partial charge in [-0.3, -0.25) is 4.79 Å². The number of hydrogen-bond donors (Lipinski definition) is 1. The van der Waals surface area contributed by atoms with E-state index in [1.165, 1.54) is 19.3 Å². The van der Waals surface area contributed by atoms with Crippen LogP contribution >= 0.6 is 0 Å². The maximum Gasteiger partial charge on any atom is 0.229 e. The number of anilines is 1. The van der Waals surface area contributed by atoms with Crippen molar-refractivity contribution in [2.45, 2.75) is 51.5 Å². The van der Waals surface area contributed by atoms with E-state index in [2.05, 4.69) is 6.92 Å². The van der Waals surface area contributed by atoms with Crippen molar-refractivity contribution in [3.8, 4) is 0 Å². The topological polar surface area (TPSA) is 46.3 Å². The first-order chi connectivity index (χ1) is 9.50. The molecule has 0 radical (unpaired) electrons. The van der Waals surface area contributed by atoms with Gasteiger partial charge in [0.15, 0.2) is 0 Å². The summed E-state index contributed by atoms with van der Waals surface area (Å²) in [6, 6.07) is 8.04. The van der Waals surface area contributed by atoms with Crippen LogP contribution in [-0.4, -0.2) is 23.9 Å². The van der Waals surface area contributed by atoms with Crippen LogP contribution in [0.2, 0.25) is 0 Å². The minimum Gasteiger partial charge on any atom is -0.399 e. The van der Waals surface area contributed by atoms with Crippen LogP contribution in [0.4, 0.5) is 5.69 Å². The number of hydrogen-bond acceptors (Lipinski definition) is 2. The molecular weight excluding hydrogens is 248 g/mol. The van der Waals surface area contributed by atoms with Crippen molar-refractivity contribution < 1.29 is 4.79 Å². The lowest BCUT2D eigenvalue weighted by Gasteiger charge is -2.37. The summed E-state index contributed by atoms with van der Waals surface area (Å²) in [6.45, 7) is 4.24. The minimum absolute atomic E-state index is 0.127. The Hall–Kier alpha value is -1.51. The molecule has 1 aliphatic carbocycles. The van der Waals surface area contributed by atoms with E-state index in [1.807, 2.05) is 43.1 Å². The van der Waals surface area contributed by atoms with Crippen molar-refractivity contribution in [1.82, 2.24) is 4.90 Å². The third-order valence-electron chi connectivity index (χ3n) is 4.69. The van der Waals surface area contributed by atoms with E-state index in [0.29, 0.717) is 12.0 Å². The molecule has 3 unspecified atom stereocenters. The van der Waals surface area contributed by atoms with E-state index in [0.717, 1.165) is 17.7 Å². The quantitative estimate of drug-likeness (QED) is 0.859. The second-order valence-electron chi connectivity index (χ2n) is 6.17. The van der Waals surface area contributed by atoms with Gasteiger partial charge in [0.1, 0.15) is 0 Å². The van der Waals surface area contributed by atoms with Gasteiger partial charge in [-0.2, -0.15) is 0 Å². The number of carbonyl (C=O) groups is 1. The van der Waals surface area contributed by atoms with Gasteiger partial charge in [0.25, 0.3) is 0 Å². The SMILES string of the molecule is CC(C(=O)N(C)C1CCCCC1C)c1cccc(N)c1. The third-order valence-corrected chi connectivity index (χ3v) is 4.69. The second kappa shape index (κ2) is 6.29. The Balaban J connectivity index is 2.09. The predicted octanol–water partition coefficient (Wildman–Crippen LogP) is 3.41. The largest absolute Gasteiger partial charge is 0.399 e. The van der Waals surface area contributed by atoms with E-state index in [9.17, 15) is 4.79 Å². The van der Waals surface area contributed by atoms with Crippen LogP contribution in [0.5, 0.6) is 0 Å². The van der Waals surface area contributed by atoms with Gasteiger partial charge in [0, 0.05) is 18.8 Å². The van der Waals surface area contributed by atoms with Gasteiger partial charge < -0.3 is 10.6 Å². The molecule has 1 aromatic rings. The summed E-state index contributed by atoms with van der Waals surface area (Å²) in [6.07, 6.45) is 4.89. The Morgan fingerprint density at radius 3 is 2.70 bits per heavy atom. The molecule has 1 saturated carbocycles. The van der Waals surface area contributed by atoms with Gasteiger partial charge in [0.05, 0.1) is 5.92 Å². The van der Waals surface area contributed by atoms with Crippen molar-refractivity contribution in [1.29, 1.82) is 0 Å². The Kier molecular flexibility index (Phi) is 4.69. The first-order valence-electron chi connectivity index (χ1n) is 7.63. The van der Waals surface area contributed by atoms with E-state index in [4.69, 9.17) is 5.73 Å². The molecule has 3 heteroatoms. The predicted molar refractivity (Wildman–Crippen MR) is 83.5 cm³/mol. The zero-order valence-corrected chi connectivity index (χ0v) is 12.8. The third kappa shape index (κ3) is 3.14. The molecule has 2 N–H and O–H groups in total. The van der Waals surface area contributed by atoms with Gasteiger partial charge in [-0.05, 0) is 43.4 Å². The van der Waals surface area contributed by atoms with Crippen LogP contribution in [0, 0.1) is 5.92 Å². The number of nitrogens with two attached hydrogens (primary N) is 1. The van der Waals surface area contributed by atoms with Crippen molar-refractivity contribution >= 4 is 11.6 Å². The van der Waals surface area contributed by atoms with Crippen molar-refractivity contribution in [3.05, 3.63) is 29.8 Å². The molecule has 1 fully saturated rings. The van der Waals surface area contributed by atoms with Gasteiger partial charge >= 0.3 is 0 Å². The molecule has 1 aliphatic rings. The summed E-state index contributed by atoms with van der Waals surface area (Å²) in [5.41, 5.74) is 7.54. The Morgan fingerprint density at radius 2 is 2.05 bits per heavy atom. The molecule has 1 aromatic carbocycles. The van der Waals surface area contributed by atoms with Crippen molar-refractivity contribution in [3.63, 3.8) is 0 Å². The van der Waals surface area contributed by atoms with Crippen molar-refractivity contribution in [2.24, 2.45) is 5.92 Å². The summed E-state index contributed by atoms with van der Waals surface area (Å²) in [4.78, 5) is 14.7. The Labute approximate surface area is 122 Å². The standard InChI is InChI=1S/C17H26N2O/c1-12-7-4-5-10-16(12)19(3)17(20)13(2)14-8-6-9-15(18)11-14/h6,8-9,11-13,16H,4-5,7,10,18H2,1-3H3. The van der Waals surface area contributed by atoms with Crippen LogP contribution in [0.25, 0.3) is 0 Å². The number of benzene rings is 1. The minimum atomic E-state index is -0.127. The lowest BCUT2D eigenvalue weighted by Crippen LogP contribution is -2.44. The molecule has 0 aliphatic heterocycles. The molecule has 20 heavy (non-hydrogen) atoms.